The molecule has 1 saturated heterocycles. The fraction of sp³-hybridized carbons (Fsp3) is 0.375. The highest BCUT2D eigenvalue weighted by atomic mass is 19.1. The van der Waals surface area contributed by atoms with E-state index in [1.54, 1.807) is 6.07 Å². The molecule has 0 spiro atoms. The number of hydrogen-bond acceptors (Lipinski definition) is 6. The van der Waals surface area contributed by atoms with Crippen LogP contribution in [0.15, 0.2) is 30.7 Å². The summed E-state index contributed by atoms with van der Waals surface area (Å²) in [6, 6.07) is 2.92. The van der Waals surface area contributed by atoms with Gasteiger partial charge >= 0.3 is 0 Å². The predicted molar refractivity (Wildman–Crippen MR) is 83.6 cm³/mol. The van der Waals surface area contributed by atoms with Crippen LogP contribution in [0.2, 0.25) is 0 Å². The Bertz CT molecular complexity index is 707. The topological polar surface area (TPSA) is 86.2 Å². The minimum atomic E-state index is -0.459. The lowest BCUT2D eigenvalue weighted by Gasteiger charge is -2.10. The van der Waals surface area contributed by atoms with Gasteiger partial charge in [-0.15, -0.1) is 0 Å². The van der Waals surface area contributed by atoms with Gasteiger partial charge in [-0.05, 0) is 25.0 Å². The van der Waals surface area contributed by atoms with E-state index in [1.165, 1.54) is 18.5 Å². The monoisotopic (exact) mass is 332 g/mol. The Labute approximate surface area is 138 Å². The number of rotatable bonds is 6. The molecule has 1 N–H and O–H groups in total. The van der Waals surface area contributed by atoms with E-state index in [2.05, 4.69) is 20.3 Å². The Balaban J connectivity index is 1.55. The average Bonchev–Trinajstić information content (AvgIpc) is 3.08. The number of nitrogens with zero attached hydrogens (tertiary/aromatic N) is 3. The third-order valence-electron chi connectivity index (χ3n) is 3.47. The third kappa shape index (κ3) is 4.53. The smallest absolute Gasteiger partial charge is 0.252 e. The van der Waals surface area contributed by atoms with Gasteiger partial charge in [0.2, 0.25) is 5.95 Å². The number of nitrogens with one attached hydrogen (secondary N) is 1. The lowest BCUT2D eigenvalue weighted by Crippen LogP contribution is -2.23. The van der Waals surface area contributed by atoms with Crippen LogP contribution in [0.5, 0.6) is 0 Å². The van der Waals surface area contributed by atoms with Crippen LogP contribution in [0.4, 0.5) is 10.3 Å². The van der Waals surface area contributed by atoms with Gasteiger partial charge < -0.3 is 9.47 Å². The first kappa shape index (κ1) is 16.4. The maximum Gasteiger partial charge on any atom is 0.252 e. The summed E-state index contributed by atoms with van der Waals surface area (Å²) in [5.41, 5.74) is 0.968. The van der Waals surface area contributed by atoms with Crippen LogP contribution in [0.1, 0.15) is 12.8 Å². The molecule has 0 radical (unpaired) electrons. The molecule has 0 aliphatic carbocycles. The van der Waals surface area contributed by atoms with E-state index in [9.17, 15) is 9.18 Å². The largest absolute Gasteiger partial charge is 0.376 e. The van der Waals surface area contributed by atoms with Crippen molar-refractivity contribution in [2.24, 2.45) is 0 Å². The first-order valence-electron chi connectivity index (χ1n) is 7.64. The van der Waals surface area contributed by atoms with Crippen molar-refractivity contribution < 1.29 is 18.7 Å². The Kier molecular flexibility index (Phi) is 5.39. The second-order valence-corrected chi connectivity index (χ2v) is 5.36. The van der Waals surface area contributed by atoms with Gasteiger partial charge in [0.25, 0.3) is 5.91 Å². The van der Waals surface area contributed by atoms with Crippen LogP contribution < -0.4 is 5.32 Å². The van der Waals surface area contributed by atoms with E-state index in [1.807, 2.05) is 0 Å². The van der Waals surface area contributed by atoms with Gasteiger partial charge in [-0.2, -0.15) is 0 Å². The van der Waals surface area contributed by atoms with Crippen LogP contribution in [-0.4, -0.2) is 46.8 Å². The quantitative estimate of drug-likeness (QED) is 0.868. The summed E-state index contributed by atoms with van der Waals surface area (Å²) in [5.74, 6) is -0.691. The second kappa shape index (κ2) is 7.89. The van der Waals surface area contributed by atoms with Crippen molar-refractivity contribution >= 4 is 11.9 Å². The summed E-state index contributed by atoms with van der Waals surface area (Å²) < 4.78 is 24.0. The Morgan fingerprint density at radius 3 is 3.17 bits per heavy atom. The molecule has 2 aromatic heterocycles. The van der Waals surface area contributed by atoms with Gasteiger partial charge in [-0.1, -0.05) is 0 Å². The van der Waals surface area contributed by atoms with Crippen LogP contribution in [0.3, 0.4) is 0 Å². The molecule has 126 valence electrons. The molecule has 1 atom stereocenters. The number of aromatic nitrogens is 3. The van der Waals surface area contributed by atoms with Crippen LogP contribution in [0.25, 0.3) is 11.3 Å². The Morgan fingerprint density at radius 1 is 1.46 bits per heavy atom. The highest BCUT2D eigenvalue weighted by molar-refractivity contribution is 5.90. The highest BCUT2D eigenvalue weighted by Crippen LogP contribution is 2.17. The third-order valence-corrected chi connectivity index (χ3v) is 3.47. The van der Waals surface area contributed by atoms with Crippen LogP contribution >= 0.6 is 0 Å². The van der Waals surface area contributed by atoms with Crippen molar-refractivity contribution in [3.63, 3.8) is 0 Å². The number of halogens is 1. The van der Waals surface area contributed by atoms with E-state index in [4.69, 9.17) is 9.47 Å². The maximum absolute atomic E-state index is 13.2. The number of carbonyl (C=O) groups is 1. The van der Waals surface area contributed by atoms with E-state index in [0.29, 0.717) is 17.9 Å². The SMILES string of the molecule is O=C(COCC1CCCO1)Nc1nccc(-c2cncc(F)c2)n1. The summed E-state index contributed by atoms with van der Waals surface area (Å²) >= 11 is 0. The summed E-state index contributed by atoms with van der Waals surface area (Å²) in [5, 5.41) is 2.55. The van der Waals surface area contributed by atoms with Gasteiger partial charge in [0.15, 0.2) is 0 Å². The molecule has 7 nitrogen and oxygen atoms in total. The van der Waals surface area contributed by atoms with Crippen molar-refractivity contribution in [1.82, 2.24) is 15.0 Å². The molecule has 8 heteroatoms. The first-order valence-corrected chi connectivity index (χ1v) is 7.64. The van der Waals surface area contributed by atoms with E-state index >= 15 is 0 Å². The van der Waals surface area contributed by atoms with Gasteiger partial charge in [0.05, 0.1) is 24.6 Å². The molecule has 24 heavy (non-hydrogen) atoms. The van der Waals surface area contributed by atoms with Crippen molar-refractivity contribution in [2.45, 2.75) is 18.9 Å². The van der Waals surface area contributed by atoms with Gasteiger partial charge in [0, 0.05) is 24.6 Å². The lowest BCUT2D eigenvalue weighted by atomic mass is 10.2. The molecular formula is C16H17FN4O3. The normalized spacial score (nSPS) is 17.0. The second-order valence-electron chi connectivity index (χ2n) is 5.36. The van der Waals surface area contributed by atoms with E-state index in [-0.39, 0.29) is 24.6 Å². The van der Waals surface area contributed by atoms with Gasteiger partial charge in [-0.3, -0.25) is 15.1 Å². The predicted octanol–water partition coefficient (Wildman–Crippen LogP) is 1.81. The number of hydrogen-bond donors (Lipinski definition) is 1. The Morgan fingerprint density at radius 2 is 2.38 bits per heavy atom. The van der Waals surface area contributed by atoms with Gasteiger partial charge in [-0.25, -0.2) is 14.4 Å². The van der Waals surface area contributed by atoms with Crippen molar-refractivity contribution in [1.29, 1.82) is 0 Å². The molecule has 3 rings (SSSR count). The summed E-state index contributed by atoms with van der Waals surface area (Å²) in [6.07, 6.45) is 6.12. The van der Waals surface area contributed by atoms with Gasteiger partial charge in [0.1, 0.15) is 12.4 Å². The molecule has 1 unspecified atom stereocenters. The molecule has 0 bridgehead atoms. The maximum atomic E-state index is 13.2. The number of anilines is 1. The van der Waals surface area contributed by atoms with Crippen molar-refractivity contribution in [3.8, 4) is 11.3 Å². The van der Waals surface area contributed by atoms with Crippen molar-refractivity contribution in [3.05, 3.63) is 36.5 Å². The minimum absolute atomic E-state index is 0.0675. The molecule has 1 aliphatic rings. The first-order chi connectivity index (χ1) is 11.7. The van der Waals surface area contributed by atoms with Crippen LogP contribution in [0, 0.1) is 5.82 Å². The molecular weight excluding hydrogens is 315 g/mol. The fourth-order valence-electron chi connectivity index (χ4n) is 2.35. The molecule has 1 amide bonds. The fourth-order valence-corrected chi connectivity index (χ4v) is 2.35. The summed E-state index contributed by atoms with van der Waals surface area (Å²) in [7, 11) is 0. The highest BCUT2D eigenvalue weighted by Gasteiger charge is 2.16. The Hall–Kier alpha value is -2.45. The summed E-state index contributed by atoms with van der Waals surface area (Å²) in [6.45, 7) is 1.04. The zero-order valence-electron chi connectivity index (χ0n) is 12.9. The molecule has 3 heterocycles. The van der Waals surface area contributed by atoms with E-state index < -0.39 is 5.82 Å². The molecule has 0 saturated carbocycles. The summed E-state index contributed by atoms with van der Waals surface area (Å²) in [4.78, 5) is 23.8. The lowest BCUT2D eigenvalue weighted by molar-refractivity contribution is -0.121. The van der Waals surface area contributed by atoms with Crippen LogP contribution in [-0.2, 0) is 14.3 Å². The molecule has 2 aromatic rings. The molecule has 1 fully saturated rings. The molecule has 0 aromatic carbocycles. The standard InChI is InChI=1S/C16H17FN4O3/c17-12-6-11(7-18-8-12)14-3-4-19-16(20-14)21-15(22)10-23-9-13-2-1-5-24-13/h3-4,6-8,13H,1-2,5,9-10H2,(H,19,20,21,22). The molecule has 1 aliphatic heterocycles. The van der Waals surface area contributed by atoms with E-state index in [0.717, 1.165) is 25.6 Å². The number of ether oxygens (including phenoxy) is 2. The zero-order valence-corrected chi connectivity index (χ0v) is 12.9. The average molecular weight is 332 g/mol. The zero-order chi connectivity index (χ0) is 16.8. The number of pyridine rings is 1. The van der Waals surface area contributed by atoms with Crippen molar-refractivity contribution in [2.75, 3.05) is 25.1 Å². The minimum Gasteiger partial charge on any atom is -0.376 e. The number of amides is 1. The number of carbonyl (C=O) groups excluding carboxylic acids is 1.